The van der Waals surface area contributed by atoms with Gasteiger partial charge in [-0.1, -0.05) is 41.4 Å². The van der Waals surface area contributed by atoms with Crippen molar-refractivity contribution in [2.75, 3.05) is 0 Å². The summed E-state index contributed by atoms with van der Waals surface area (Å²) in [5.41, 5.74) is 2.04. The molecule has 2 rings (SSSR count). The Bertz CT molecular complexity index is 371. The Balaban J connectivity index is 2.20. The van der Waals surface area contributed by atoms with Crippen LogP contribution in [0.1, 0.15) is 46.0 Å². The monoisotopic (exact) mass is 310 g/mol. The van der Waals surface area contributed by atoms with Crippen molar-refractivity contribution < 1.29 is 4.79 Å². The van der Waals surface area contributed by atoms with E-state index in [4.69, 9.17) is 0 Å². The van der Waals surface area contributed by atoms with Gasteiger partial charge in [-0.15, -0.1) is 0 Å². The molecule has 0 bridgehead atoms. The predicted octanol–water partition coefficient (Wildman–Crippen LogP) is 4.87. The van der Waals surface area contributed by atoms with Gasteiger partial charge in [0, 0.05) is 0 Å². The maximum Gasteiger partial charge on any atom is 0.142 e. The molecular formula is C16H23BrO. The second-order valence-electron chi connectivity index (χ2n) is 6.16. The van der Waals surface area contributed by atoms with E-state index >= 15 is 0 Å². The summed E-state index contributed by atoms with van der Waals surface area (Å²) in [5, 5.41) is 0. The molecule has 2 fully saturated rings. The Morgan fingerprint density at radius 1 is 1.44 bits per heavy atom. The summed E-state index contributed by atoms with van der Waals surface area (Å²) >= 11 is 3.55. The SMILES string of the molecule is C[C@H](/C=C/C=O)[C@H]1CC[C@H]2/C(=C/Br)CCC[C@]12C. The van der Waals surface area contributed by atoms with Crippen molar-refractivity contribution in [2.24, 2.45) is 23.2 Å². The molecule has 0 spiro atoms. The summed E-state index contributed by atoms with van der Waals surface area (Å²) in [6, 6.07) is 0. The Kier molecular flexibility index (Phi) is 4.47. The van der Waals surface area contributed by atoms with E-state index in [0.29, 0.717) is 11.3 Å². The highest BCUT2D eigenvalue weighted by Gasteiger charge is 2.50. The molecule has 2 heteroatoms. The van der Waals surface area contributed by atoms with Crippen molar-refractivity contribution in [3.63, 3.8) is 0 Å². The van der Waals surface area contributed by atoms with E-state index < -0.39 is 0 Å². The zero-order valence-corrected chi connectivity index (χ0v) is 12.9. The third kappa shape index (κ3) is 2.36. The van der Waals surface area contributed by atoms with Crippen LogP contribution in [0.15, 0.2) is 22.7 Å². The molecule has 0 heterocycles. The number of allylic oxidation sites excluding steroid dienone is 3. The van der Waals surface area contributed by atoms with Gasteiger partial charge in [-0.2, -0.15) is 0 Å². The van der Waals surface area contributed by atoms with Crippen LogP contribution in [0.3, 0.4) is 0 Å². The molecule has 0 N–H and O–H groups in total. The summed E-state index contributed by atoms with van der Waals surface area (Å²) < 4.78 is 0. The van der Waals surface area contributed by atoms with Gasteiger partial charge in [-0.05, 0) is 66.3 Å². The maximum atomic E-state index is 10.5. The number of hydrogen-bond donors (Lipinski definition) is 0. The summed E-state index contributed by atoms with van der Waals surface area (Å²) in [7, 11) is 0. The minimum atomic E-state index is 0.435. The fourth-order valence-corrected chi connectivity index (χ4v) is 4.98. The number of aldehydes is 1. The summed E-state index contributed by atoms with van der Waals surface area (Å²) in [5.74, 6) is 1.99. The molecule has 100 valence electrons. The van der Waals surface area contributed by atoms with E-state index in [1.165, 1.54) is 32.1 Å². The van der Waals surface area contributed by atoms with Crippen LogP contribution in [0.25, 0.3) is 0 Å². The molecule has 18 heavy (non-hydrogen) atoms. The maximum absolute atomic E-state index is 10.5. The van der Waals surface area contributed by atoms with E-state index in [9.17, 15) is 4.79 Å². The lowest BCUT2D eigenvalue weighted by molar-refractivity contribution is -0.104. The van der Waals surface area contributed by atoms with Gasteiger partial charge in [0.2, 0.25) is 0 Å². The van der Waals surface area contributed by atoms with E-state index in [-0.39, 0.29) is 0 Å². The normalized spacial score (nSPS) is 40.1. The first-order chi connectivity index (χ1) is 8.63. The molecule has 2 aliphatic rings. The van der Waals surface area contributed by atoms with Crippen molar-refractivity contribution in [2.45, 2.75) is 46.0 Å². The molecule has 1 nitrogen and oxygen atoms in total. The van der Waals surface area contributed by atoms with Crippen molar-refractivity contribution in [1.29, 1.82) is 0 Å². The van der Waals surface area contributed by atoms with E-state index in [1.54, 1.807) is 11.6 Å². The number of carbonyl (C=O) groups excluding carboxylic acids is 1. The van der Waals surface area contributed by atoms with Gasteiger partial charge < -0.3 is 0 Å². The minimum absolute atomic E-state index is 0.435. The van der Waals surface area contributed by atoms with Gasteiger partial charge in [0.05, 0.1) is 0 Å². The minimum Gasteiger partial charge on any atom is -0.299 e. The molecule has 0 radical (unpaired) electrons. The van der Waals surface area contributed by atoms with Gasteiger partial charge in [0.25, 0.3) is 0 Å². The van der Waals surface area contributed by atoms with Crippen LogP contribution in [0.4, 0.5) is 0 Å². The molecule has 0 amide bonds. The first-order valence-electron chi connectivity index (χ1n) is 7.04. The largest absolute Gasteiger partial charge is 0.299 e. The number of hydrogen-bond acceptors (Lipinski definition) is 1. The van der Waals surface area contributed by atoms with Gasteiger partial charge in [-0.25, -0.2) is 0 Å². The Hall–Kier alpha value is -0.370. The fourth-order valence-electron chi connectivity index (χ4n) is 4.43. The van der Waals surface area contributed by atoms with Gasteiger partial charge in [0.15, 0.2) is 0 Å². The molecule has 0 aliphatic heterocycles. The lowest BCUT2D eigenvalue weighted by Crippen LogP contribution is -2.35. The Labute approximate surface area is 119 Å². The molecule has 0 aromatic carbocycles. The molecule has 0 aromatic heterocycles. The number of rotatable bonds is 3. The van der Waals surface area contributed by atoms with Crippen LogP contribution in [0.2, 0.25) is 0 Å². The average Bonchev–Trinajstić information content (AvgIpc) is 2.72. The Morgan fingerprint density at radius 3 is 2.89 bits per heavy atom. The number of halogens is 1. The summed E-state index contributed by atoms with van der Waals surface area (Å²) in [6.45, 7) is 4.74. The van der Waals surface area contributed by atoms with Gasteiger partial charge >= 0.3 is 0 Å². The lowest BCUT2D eigenvalue weighted by Gasteiger charge is -2.43. The first-order valence-corrected chi connectivity index (χ1v) is 7.96. The molecule has 2 aliphatic carbocycles. The first kappa shape index (κ1) is 14.0. The third-order valence-corrected chi connectivity index (χ3v) is 5.89. The molecule has 2 saturated carbocycles. The second-order valence-corrected chi connectivity index (χ2v) is 6.62. The molecule has 0 unspecified atom stereocenters. The van der Waals surface area contributed by atoms with Gasteiger partial charge in [0.1, 0.15) is 6.29 Å². The van der Waals surface area contributed by atoms with Gasteiger partial charge in [-0.3, -0.25) is 4.79 Å². The average molecular weight is 311 g/mol. The summed E-state index contributed by atoms with van der Waals surface area (Å²) in [4.78, 5) is 12.7. The quantitative estimate of drug-likeness (QED) is 0.536. The molecule has 0 aromatic rings. The van der Waals surface area contributed by atoms with Crippen molar-refractivity contribution in [3.05, 3.63) is 22.7 Å². The standard InChI is InChI=1S/C16H23BrO/c1-12(5-4-10-18)14-7-8-15-13(11-17)6-3-9-16(14,15)2/h4-5,10-12,14-15H,3,6-9H2,1-2H3/b5-4+,13-11+/t12-,14-,15+,16-/m1/s1. The Morgan fingerprint density at radius 2 is 2.22 bits per heavy atom. The highest BCUT2D eigenvalue weighted by molar-refractivity contribution is 9.11. The second kappa shape index (κ2) is 5.73. The van der Waals surface area contributed by atoms with E-state index in [2.05, 4.69) is 40.8 Å². The fraction of sp³-hybridized carbons (Fsp3) is 0.688. The molecular weight excluding hydrogens is 288 g/mol. The number of fused-ring (bicyclic) bond motifs is 1. The summed E-state index contributed by atoms with van der Waals surface area (Å²) in [6.07, 6.45) is 11.2. The topological polar surface area (TPSA) is 17.1 Å². The van der Waals surface area contributed by atoms with Crippen LogP contribution < -0.4 is 0 Å². The lowest BCUT2D eigenvalue weighted by atomic mass is 9.61. The van der Waals surface area contributed by atoms with Crippen LogP contribution in [-0.4, -0.2) is 6.29 Å². The smallest absolute Gasteiger partial charge is 0.142 e. The van der Waals surface area contributed by atoms with Crippen LogP contribution in [0.5, 0.6) is 0 Å². The zero-order valence-electron chi connectivity index (χ0n) is 11.4. The zero-order chi connectivity index (χ0) is 13.2. The van der Waals surface area contributed by atoms with Crippen LogP contribution >= 0.6 is 15.9 Å². The molecule has 4 atom stereocenters. The predicted molar refractivity (Wildman–Crippen MR) is 79.6 cm³/mol. The number of carbonyl (C=O) groups is 1. The molecule has 0 saturated heterocycles. The van der Waals surface area contributed by atoms with Crippen molar-refractivity contribution in [3.8, 4) is 0 Å². The van der Waals surface area contributed by atoms with Crippen molar-refractivity contribution >= 4 is 22.2 Å². The third-order valence-electron chi connectivity index (χ3n) is 5.31. The van der Waals surface area contributed by atoms with Crippen LogP contribution in [0, 0.1) is 23.2 Å². The van der Waals surface area contributed by atoms with E-state index in [1.807, 2.05) is 0 Å². The highest BCUT2D eigenvalue weighted by atomic mass is 79.9. The van der Waals surface area contributed by atoms with Crippen molar-refractivity contribution in [1.82, 2.24) is 0 Å². The highest BCUT2D eigenvalue weighted by Crippen LogP contribution is 2.59. The van der Waals surface area contributed by atoms with E-state index in [0.717, 1.165) is 18.1 Å². The van der Waals surface area contributed by atoms with Crippen LogP contribution in [-0.2, 0) is 4.79 Å².